The zero-order chi connectivity index (χ0) is 14.8. The molecule has 1 aromatic carbocycles. The minimum atomic E-state index is -4.45. The van der Waals surface area contributed by atoms with Crippen LogP contribution < -0.4 is 0 Å². The molecule has 3 nitrogen and oxygen atoms in total. The molecule has 0 atom stereocenters. The second-order valence-corrected chi connectivity index (χ2v) is 4.45. The zero-order valence-corrected chi connectivity index (χ0v) is 11.2. The maximum Gasteiger partial charge on any atom is 0.431 e. The predicted octanol–water partition coefficient (Wildman–Crippen LogP) is 4.43. The van der Waals surface area contributed by atoms with Crippen LogP contribution in [-0.4, -0.2) is 12.1 Å². The molecule has 0 bridgehead atoms. The second-order valence-electron chi connectivity index (χ2n) is 4.02. The Kier molecular flexibility index (Phi) is 4.37. The van der Waals surface area contributed by atoms with E-state index in [0.29, 0.717) is 21.8 Å². The molecule has 0 aliphatic rings. The maximum atomic E-state index is 12.8. The van der Waals surface area contributed by atoms with Gasteiger partial charge in [0.25, 0.3) is 0 Å². The van der Waals surface area contributed by atoms with Crippen LogP contribution in [0.3, 0.4) is 0 Å². The fourth-order valence-corrected chi connectivity index (χ4v) is 1.89. The van der Waals surface area contributed by atoms with Gasteiger partial charge < -0.3 is 4.98 Å². The molecular formula is C13H11ClF3NO2. The van der Waals surface area contributed by atoms with Gasteiger partial charge in [0.15, 0.2) is 0 Å². The van der Waals surface area contributed by atoms with Crippen LogP contribution in [0.4, 0.5) is 13.2 Å². The topological polar surface area (TPSA) is 34.2 Å². The lowest BCUT2D eigenvalue weighted by Crippen LogP contribution is -2.04. The van der Waals surface area contributed by atoms with Crippen LogP contribution in [0.1, 0.15) is 11.3 Å². The van der Waals surface area contributed by atoms with Crippen LogP contribution in [0.25, 0.3) is 11.3 Å². The van der Waals surface area contributed by atoms with Gasteiger partial charge in [-0.2, -0.15) is 13.2 Å². The van der Waals surface area contributed by atoms with Crippen LogP contribution in [0.5, 0.6) is 0 Å². The van der Waals surface area contributed by atoms with Crippen LogP contribution in [-0.2, 0) is 22.6 Å². The molecule has 0 amide bonds. The van der Waals surface area contributed by atoms with Crippen LogP contribution in [0.2, 0.25) is 5.02 Å². The van der Waals surface area contributed by atoms with Crippen LogP contribution in [0.15, 0.2) is 30.3 Å². The van der Waals surface area contributed by atoms with E-state index in [0.717, 1.165) is 6.07 Å². The summed E-state index contributed by atoms with van der Waals surface area (Å²) >= 11 is 5.77. The Morgan fingerprint density at radius 2 is 1.85 bits per heavy atom. The lowest BCUT2D eigenvalue weighted by molar-refractivity contribution is -0.282. The minimum Gasteiger partial charge on any atom is -0.351 e. The summed E-state index contributed by atoms with van der Waals surface area (Å²) in [5.74, 6) is 0. The molecule has 0 fully saturated rings. The van der Waals surface area contributed by atoms with E-state index in [-0.39, 0.29) is 6.61 Å². The van der Waals surface area contributed by atoms with Crippen molar-refractivity contribution in [1.29, 1.82) is 0 Å². The van der Waals surface area contributed by atoms with Gasteiger partial charge in [-0.1, -0.05) is 23.7 Å². The van der Waals surface area contributed by atoms with Crippen molar-refractivity contribution in [3.63, 3.8) is 0 Å². The molecule has 1 aromatic heterocycles. The molecule has 1 N–H and O–H groups in total. The summed E-state index contributed by atoms with van der Waals surface area (Å²) < 4.78 is 38.3. The highest BCUT2D eigenvalue weighted by Gasteiger charge is 2.33. The van der Waals surface area contributed by atoms with Gasteiger partial charge in [0.05, 0.1) is 12.8 Å². The molecule has 0 aliphatic heterocycles. The van der Waals surface area contributed by atoms with Crippen molar-refractivity contribution in [2.75, 3.05) is 7.11 Å². The van der Waals surface area contributed by atoms with E-state index in [1.54, 1.807) is 24.3 Å². The number of nitrogens with one attached hydrogen (secondary N) is 1. The van der Waals surface area contributed by atoms with E-state index >= 15 is 0 Å². The van der Waals surface area contributed by atoms with Gasteiger partial charge >= 0.3 is 6.18 Å². The van der Waals surface area contributed by atoms with Crippen molar-refractivity contribution in [2.45, 2.75) is 12.8 Å². The first-order chi connectivity index (χ1) is 9.41. The highest BCUT2D eigenvalue weighted by molar-refractivity contribution is 6.30. The smallest absolute Gasteiger partial charge is 0.351 e. The number of benzene rings is 1. The molecule has 0 saturated carbocycles. The standard InChI is InChI=1S/C13H11ClF3NO2/c1-19-20-7-9-6-11(13(15,16)17)18-12(9)8-2-4-10(14)5-3-8/h2-6,18H,7H2,1H3. The van der Waals surface area contributed by atoms with E-state index in [9.17, 15) is 13.2 Å². The maximum absolute atomic E-state index is 12.8. The monoisotopic (exact) mass is 305 g/mol. The molecule has 2 aromatic rings. The third kappa shape index (κ3) is 3.33. The lowest BCUT2D eigenvalue weighted by Gasteiger charge is -2.04. The summed E-state index contributed by atoms with van der Waals surface area (Å²) in [5, 5.41) is 0.506. The largest absolute Gasteiger partial charge is 0.431 e. The summed E-state index contributed by atoms with van der Waals surface area (Å²) in [7, 11) is 1.29. The number of rotatable bonds is 4. The number of aromatic nitrogens is 1. The molecule has 0 radical (unpaired) electrons. The molecule has 0 spiro atoms. The SMILES string of the molecule is COOCc1cc(C(F)(F)F)[nH]c1-c1ccc(Cl)cc1. The van der Waals surface area contributed by atoms with Crippen molar-refractivity contribution < 1.29 is 22.9 Å². The average Bonchev–Trinajstić information content (AvgIpc) is 2.81. The zero-order valence-electron chi connectivity index (χ0n) is 10.4. The summed E-state index contributed by atoms with van der Waals surface area (Å²) in [6, 6.07) is 7.47. The number of hydrogen-bond donors (Lipinski definition) is 1. The van der Waals surface area contributed by atoms with Gasteiger partial charge in [-0.15, -0.1) is 0 Å². The number of aromatic amines is 1. The number of alkyl halides is 3. The molecule has 1 heterocycles. The van der Waals surface area contributed by atoms with Crippen molar-refractivity contribution in [1.82, 2.24) is 4.98 Å². The highest BCUT2D eigenvalue weighted by atomic mass is 35.5. The van der Waals surface area contributed by atoms with Gasteiger partial charge in [0, 0.05) is 10.6 Å². The molecule has 7 heteroatoms. The van der Waals surface area contributed by atoms with E-state index < -0.39 is 11.9 Å². The second kappa shape index (κ2) is 5.87. The highest BCUT2D eigenvalue weighted by Crippen LogP contribution is 2.34. The Morgan fingerprint density at radius 3 is 2.40 bits per heavy atom. The van der Waals surface area contributed by atoms with Gasteiger partial charge in [-0.05, 0) is 23.8 Å². The number of halogens is 4. The van der Waals surface area contributed by atoms with Gasteiger partial charge in [0.1, 0.15) is 12.3 Å². The van der Waals surface area contributed by atoms with E-state index in [1.807, 2.05) is 0 Å². The Balaban J connectivity index is 2.43. The Hall–Kier alpha value is -1.50. The molecule has 0 saturated heterocycles. The van der Waals surface area contributed by atoms with Crippen molar-refractivity contribution in [2.24, 2.45) is 0 Å². The average molecular weight is 306 g/mol. The van der Waals surface area contributed by atoms with Crippen molar-refractivity contribution in [3.05, 3.63) is 46.6 Å². The summed E-state index contributed by atoms with van der Waals surface area (Å²) in [6.07, 6.45) is -4.45. The lowest BCUT2D eigenvalue weighted by atomic mass is 10.1. The first kappa shape index (κ1) is 14.9. The first-order valence-electron chi connectivity index (χ1n) is 5.62. The van der Waals surface area contributed by atoms with Crippen LogP contribution in [0, 0.1) is 0 Å². The predicted molar refractivity (Wildman–Crippen MR) is 68.0 cm³/mol. The fourth-order valence-electron chi connectivity index (χ4n) is 1.76. The molecule has 0 aliphatic carbocycles. The molecule has 20 heavy (non-hydrogen) atoms. The fraction of sp³-hybridized carbons (Fsp3) is 0.231. The minimum absolute atomic E-state index is 0.0962. The first-order valence-corrected chi connectivity index (χ1v) is 6.00. The molecule has 108 valence electrons. The summed E-state index contributed by atoms with van der Waals surface area (Å²) in [5.41, 5.74) is 0.421. The Bertz CT molecular complexity index is 578. The van der Waals surface area contributed by atoms with Gasteiger partial charge in [0.2, 0.25) is 0 Å². The molecule has 0 unspecified atom stereocenters. The molecular weight excluding hydrogens is 295 g/mol. The van der Waals surface area contributed by atoms with Crippen molar-refractivity contribution >= 4 is 11.6 Å². The number of hydrogen-bond acceptors (Lipinski definition) is 2. The third-order valence-electron chi connectivity index (χ3n) is 2.67. The van der Waals surface area contributed by atoms with E-state index in [4.69, 9.17) is 16.5 Å². The Morgan fingerprint density at radius 1 is 1.20 bits per heavy atom. The van der Waals surface area contributed by atoms with Crippen LogP contribution >= 0.6 is 11.6 Å². The Labute approximate surface area is 118 Å². The third-order valence-corrected chi connectivity index (χ3v) is 2.92. The van der Waals surface area contributed by atoms with Crippen molar-refractivity contribution in [3.8, 4) is 11.3 Å². The summed E-state index contributed by atoms with van der Waals surface area (Å²) in [6.45, 7) is -0.0962. The van der Waals surface area contributed by atoms with Gasteiger partial charge in [-0.25, -0.2) is 9.78 Å². The quantitative estimate of drug-likeness (QED) is 0.669. The number of H-pyrrole nitrogens is 1. The summed E-state index contributed by atoms with van der Waals surface area (Å²) in [4.78, 5) is 11.5. The van der Waals surface area contributed by atoms with Gasteiger partial charge in [-0.3, -0.25) is 0 Å². The normalized spacial score (nSPS) is 11.8. The van der Waals surface area contributed by atoms with E-state index in [2.05, 4.69) is 9.87 Å². The van der Waals surface area contributed by atoms with E-state index in [1.165, 1.54) is 7.11 Å². The molecule has 2 rings (SSSR count).